The van der Waals surface area contributed by atoms with Crippen LogP contribution >= 0.6 is 11.3 Å². The van der Waals surface area contributed by atoms with Crippen LogP contribution in [0.25, 0.3) is 0 Å². The minimum Gasteiger partial charge on any atom is -0.496 e. The van der Waals surface area contributed by atoms with Crippen LogP contribution in [-0.2, 0) is 0 Å². The lowest BCUT2D eigenvalue weighted by molar-refractivity contribution is 0.416. The first-order valence-corrected chi connectivity index (χ1v) is 5.04. The molecule has 0 aliphatic carbocycles. The number of rotatable bonds is 3. The summed E-state index contributed by atoms with van der Waals surface area (Å²) in [6.07, 6.45) is 2.05. The van der Waals surface area contributed by atoms with Gasteiger partial charge in [0.2, 0.25) is 0 Å². The summed E-state index contributed by atoms with van der Waals surface area (Å²) in [7, 11) is 1.66. The number of nitrogens with two attached hydrogens (primary N) is 1. The fraction of sp³-hybridized carbons (Fsp3) is 0.400. The Balaban J connectivity index is 2.77. The molecule has 1 aromatic rings. The van der Waals surface area contributed by atoms with Crippen LogP contribution in [0.15, 0.2) is 23.1 Å². The molecule has 0 saturated heterocycles. The number of allylic oxidation sites excluding steroid dienone is 1. The van der Waals surface area contributed by atoms with E-state index in [0.29, 0.717) is 0 Å². The second kappa shape index (κ2) is 4.44. The predicted octanol–water partition coefficient (Wildman–Crippen LogP) is 2.72. The molecule has 3 heteroatoms. The number of thiophene rings is 1. The number of ether oxygens (including phenoxy) is 1. The van der Waals surface area contributed by atoms with Gasteiger partial charge in [-0.2, -0.15) is 0 Å². The minimum atomic E-state index is -0.00102. The normalized spacial score (nSPS) is 12.3. The summed E-state index contributed by atoms with van der Waals surface area (Å²) in [6, 6.07) is 1.98. The summed E-state index contributed by atoms with van der Waals surface area (Å²) >= 11 is 1.63. The van der Waals surface area contributed by atoms with Crippen molar-refractivity contribution >= 4 is 11.3 Å². The van der Waals surface area contributed by atoms with Gasteiger partial charge < -0.3 is 10.5 Å². The third-order valence-corrected chi connectivity index (χ3v) is 2.69. The van der Waals surface area contributed by atoms with Crippen molar-refractivity contribution < 1.29 is 4.74 Å². The van der Waals surface area contributed by atoms with Crippen LogP contribution in [-0.4, -0.2) is 7.11 Å². The van der Waals surface area contributed by atoms with Gasteiger partial charge in [0.15, 0.2) is 0 Å². The van der Waals surface area contributed by atoms with Crippen molar-refractivity contribution in [2.24, 2.45) is 5.73 Å². The van der Waals surface area contributed by atoms with E-state index in [0.717, 1.165) is 10.6 Å². The summed E-state index contributed by atoms with van der Waals surface area (Å²) in [5.74, 6) is 0.887. The van der Waals surface area contributed by atoms with Gasteiger partial charge in [-0.1, -0.05) is 11.6 Å². The van der Waals surface area contributed by atoms with Crippen molar-refractivity contribution in [2.45, 2.75) is 19.9 Å². The fourth-order valence-electron chi connectivity index (χ4n) is 1.06. The van der Waals surface area contributed by atoms with Crippen molar-refractivity contribution in [3.8, 4) is 5.75 Å². The molecule has 0 bridgehead atoms. The molecule has 1 rings (SSSR count). The zero-order valence-corrected chi connectivity index (χ0v) is 9.02. The zero-order chi connectivity index (χ0) is 9.84. The molecule has 13 heavy (non-hydrogen) atoms. The smallest absolute Gasteiger partial charge is 0.129 e. The minimum absolute atomic E-state index is 0.00102. The largest absolute Gasteiger partial charge is 0.496 e. The van der Waals surface area contributed by atoms with Crippen LogP contribution in [0.1, 0.15) is 24.8 Å². The predicted molar refractivity (Wildman–Crippen MR) is 57.2 cm³/mol. The van der Waals surface area contributed by atoms with Gasteiger partial charge in [-0.25, -0.2) is 0 Å². The molecule has 1 atom stereocenters. The van der Waals surface area contributed by atoms with E-state index < -0.39 is 0 Å². The van der Waals surface area contributed by atoms with E-state index in [1.807, 2.05) is 31.4 Å². The maximum atomic E-state index is 5.94. The van der Waals surface area contributed by atoms with E-state index in [2.05, 4.69) is 0 Å². The van der Waals surface area contributed by atoms with E-state index >= 15 is 0 Å². The number of hydrogen-bond donors (Lipinski definition) is 1. The molecule has 2 nitrogen and oxygen atoms in total. The van der Waals surface area contributed by atoms with E-state index in [4.69, 9.17) is 10.5 Å². The SMILES string of the molecule is COc1csc(C(N)C=C(C)C)c1. The van der Waals surface area contributed by atoms with Crippen molar-refractivity contribution in [1.82, 2.24) is 0 Å². The highest BCUT2D eigenvalue weighted by atomic mass is 32.1. The monoisotopic (exact) mass is 197 g/mol. The molecule has 0 radical (unpaired) electrons. The lowest BCUT2D eigenvalue weighted by Crippen LogP contribution is -2.05. The van der Waals surface area contributed by atoms with Crippen LogP contribution in [0.3, 0.4) is 0 Å². The highest BCUT2D eigenvalue weighted by molar-refractivity contribution is 7.10. The van der Waals surface area contributed by atoms with Crippen molar-refractivity contribution in [1.29, 1.82) is 0 Å². The van der Waals surface area contributed by atoms with Crippen LogP contribution < -0.4 is 10.5 Å². The zero-order valence-electron chi connectivity index (χ0n) is 8.20. The summed E-state index contributed by atoms with van der Waals surface area (Å²) < 4.78 is 5.08. The summed E-state index contributed by atoms with van der Waals surface area (Å²) in [5.41, 5.74) is 7.18. The molecule has 1 heterocycles. The van der Waals surface area contributed by atoms with Crippen LogP contribution in [0.5, 0.6) is 5.75 Å². The molecule has 1 aromatic heterocycles. The second-order valence-electron chi connectivity index (χ2n) is 3.16. The Morgan fingerprint density at radius 3 is 2.77 bits per heavy atom. The molecule has 0 aliphatic rings. The Bertz CT molecular complexity index is 300. The van der Waals surface area contributed by atoms with Crippen LogP contribution in [0.4, 0.5) is 0 Å². The molecule has 72 valence electrons. The molecule has 0 aliphatic heterocycles. The summed E-state index contributed by atoms with van der Waals surface area (Å²) in [6.45, 7) is 4.09. The molecule has 0 fully saturated rings. The van der Waals surface area contributed by atoms with Gasteiger partial charge in [-0.3, -0.25) is 0 Å². The maximum absolute atomic E-state index is 5.94. The highest BCUT2D eigenvalue weighted by Gasteiger charge is 2.06. The molecule has 1 unspecified atom stereocenters. The topological polar surface area (TPSA) is 35.2 Å². The Morgan fingerprint density at radius 1 is 1.62 bits per heavy atom. The first-order valence-electron chi connectivity index (χ1n) is 4.16. The van der Waals surface area contributed by atoms with Gasteiger partial charge in [-0.15, -0.1) is 11.3 Å². The molecule has 0 saturated carbocycles. The Morgan fingerprint density at radius 2 is 2.31 bits per heavy atom. The van der Waals surface area contributed by atoms with Gasteiger partial charge >= 0.3 is 0 Å². The molecule has 0 aromatic carbocycles. The standard InChI is InChI=1S/C10H15NOS/c1-7(2)4-9(11)10-5-8(12-3)6-13-10/h4-6,9H,11H2,1-3H3. The number of hydrogen-bond acceptors (Lipinski definition) is 3. The fourth-order valence-corrected chi connectivity index (χ4v) is 1.88. The average molecular weight is 197 g/mol. The second-order valence-corrected chi connectivity index (χ2v) is 4.10. The Hall–Kier alpha value is -0.800. The molecule has 0 amide bonds. The van der Waals surface area contributed by atoms with Crippen LogP contribution in [0.2, 0.25) is 0 Å². The van der Waals surface area contributed by atoms with E-state index in [1.165, 1.54) is 5.57 Å². The summed E-state index contributed by atoms with van der Waals surface area (Å²) in [5, 5.41) is 1.97. The van der Waals surface area contributed by atoms with Crippen molar-refractivity contribution in [3.05, 3.63) is 28.0 Å². The Labute approximate surface area is 83.0 Å². The van der Waals surface area contributed by atoms with Gasteiger partial charge in [0, 0.05) is 10.3 Å². The third kappa shape index (κ3) is 2.86. The van der Waals surface area contributed by atoms with Crippen molar-refractivity contribution in [3.63, 3.8) is 0 Å². The first kappa shape index (κ1) is 10.3. The highest BCUT2D eigenvalue weighted by Crippen LogP contribution is 2.26. The molecular weight excluding hydrogens is 182 g/mol. The molecular formula is C10H15NOS. The van der Waals surface area contributed by atoms with Gasteiger partial charge in [0.1, 0.15) is 5.75 Å². The molecule has 2 N–H and O–H groups in total. The summed E-state index contributed by atoms with van der Waals surface area (Å²) in [4.78, 5) is 1.14. The lowest BCUT2D eigenvalue weighted by atomic mass is 10.2. The van der Waals surface area contributed by atoms with Crippen molar-refractivity contribution in [2.75, 3.05) is 7.11 Å². The lowest BCUT2D eigenvalue weighted by Gasteiger charge is -2.03. The van der Waals surface area contributed by atoms with E-state index in [9.17, 15) is 0 Å². The Kier molecular flexibility index (Phi) is 3.51. The quantitative estimate of drug-likeness (QED) is 0.756. The first-order chi connectivity index (χ1) is 6.13. The van der Waals surface area contributed by atoms with Crippen LogP contribution in [0, 0.1) is 0 Å². The molecule has 0 spiro atoms. The van der Waals surface area contributed by atoms with E-state index in [1.54, 1.807) is 18.4 Å². The average Bonchev–Trinajstić information content (AvgIpc) is 2.50. The number of methoxy groups -OCH3 is 1. The maximum Gasteiger partial charge on any atom is 0.129 e. The van der Waals surface area contributed by atoms with Gasteiger partial charge in [0.05, 0.1) is 13.2 Å². The van der Waals surface area contributed by atoms with Gasteiger partial charge in [0.25, 0.3) is 0 Å². The van der Waals surface area contributed by atoms with Gasteiger partial charge in [-0.05, 0) is 19.9 Å². The van der Waals surface area contributed by atoms with E-state index in [-0.39, 0.29) is 6.04 Å². The third-order valence-electron chi connectivity index (χ3n) is 1.67.